The average Bonchev–Trinajstić information content (AvgIpc) is 2.46. The minimum absolute atomic E-state index is 0.153. The maximum absolute atomic E-state index is 11.7. The summed E-state index contributed by atoms with van der Waals surface area (Å²) in [5.74, 6) is 0.720. The summed E-state index contributed by atoms with van der Waals surface area (Å²) in [7, 11) is 0. The largest absolute Gasteiger partial charge is 0.350 e. The van der Waals surface area contributed by atoms with Crippen molar-refractivity contribution in [1.82, 2.24) is 15.0 Å². The fourth-order valence-electron chi connectivity index (χ4n) is 2.16. The molecule has 1 aliphatic carbocycles. The van der Waals surface area contributed by atoms with Crippen LogP contribution in [0.15, 0.2) is 30.7 Å². The molecule has 0 spiro atoms. The summed E-state index contributed by atoms with van der Waals surface area (Å²) < 4.78 is 0. The Balaban J connectivity index is 1.74. The first-order valence-corrected chi connectivity index (χ1v) is 6.35. The van der Waals surface area contributed by atoms with E-state index in [2.05, 4.69) is 20.3 Å². The monoisotopic (exact) mass is 254 g/mol. The molecule has 0 atom stereocenters. The standard InChI is InChI=1S/C14H14N4O/c19-13-5-1-4-12-11(13)9-17-14(18-12)16-8-10-3-2-6-15-7-10/h2-3,6-7,9H,1,4-5,8H2,(H,16,17,18). The van der Waals surface area contributed by atoms with Gasteiger partial charge < -0.3 is 5.32 Å². The number of hydrogen-bond donors (Lipinski definition) is 1. The van der Waals surface area contributed by atoms with E-state index in [0.29, 0.717) is 24.5 Å². The summed E-state index contributed by atoms with van der Waals surface area (Å²) >= 11 is 0. The van der Waals surface area contributed by atoms with E-state index in [0.717, 1.165) is 24.1 Å². The Hall–Kier alpha value is -2.30. The Morgan fingerprint density at radius 2 is 2.21 bits per heavy atom. The second-order valence-electron chi connectivity index (χ2n) is 4.55. The van der Waals surface area contributed by atoms with Gasteiger partial charge in [0, 0.05) is 31.6 Å². The molecular weight excluding hydrogens is 240 g/mol. The fourth-order valence-corrected chi connectivity index (χ4v) is 2.16. The smallest absolute Gasteiger partial charge is 0.223 e. The molecule has 0 aliphatic heterocycles. The minimum Gasteiger partial charge on any atom is -0.350 e. The van der Waals surface area contributed by atoms with Crippen LogP contribution in [0.5, 0.6) is 0 Å². The lowest BCUT2D eigenvalue weighted by Gasteiger charge is -2.14. The van der Waals surface area contributed by atoms with Crippen LogP contribution < -0.4 is 5.32 Å². The van der Waals surface area contributed by atoms with Crippen molar-refractivity contribution in [2.24, 2.45) is 0 Å². The number of ketones is 1. The number of aromatic nitrogens is 3. The zero-order valence-electron chi connectivity index (χ0n) is 10.5. The molecule has 2 aromatic rings. The number of carbonyl (C=O) groups is 1. The van der Waals surface area contributed by atoms with E-state index in [1.165, 1.54) is 0 Å². The Morgan fingerprint density at radius 1 is 1.26 bits per heavy atom. The highest BCUT2D eigenvalue weighted by atomic mass is 16.1. The number of hydrogen-bond acceptors (Lipinski definition) is 5. The van der Waals surface area contributed by atoms with Gasteiger partial charge in [-0.05, 0) is 24.5 Å². The maximum atomic E-state index is 11.7. The Bertz CT molecular complexity index is 598. The molecule has 19 heavy (non-hydrogen) atoms. The lowest BCUT2D eigenvalue weighted by atomic mass is 9.96. The molecule has 0 bridgehead atoms. The molecule has 1 aliphatic rings. The zero-order valence-corrected chi connectivity index (χ0v) is 10.5. The van der Waals surface area contributed by atoms with E-state index in [1.54, 1.807) is 18.6 Å². The minimum atomic E-state index is 0.153. The predicted octanol–water partition coefficient (Wildman–Crippen LogP) is 2.00. The van der Waals surface area contributed by atoms with Gasteiger partial charge in [0.2, 0.25) is 5.95 Å². The van der Waals surface area contributed by atoms with Crippen molar-refractivity contribution in [2.75, 3.05) is 5.32 Å². The molecule has 1 N–H and O–H groups in total. The van der Waals surface area contributed by atoms with Crippen LogP contribution in [0.25, 0.3) is 0 Å². The Kier molecular flexibility index (Phi) is 3.18. The molecule has 0 fully saturated rings. The van der Waals surface area contributed by atoms with Crippen LogP contribution in [-0.4, -0.2) is 20.7 Å². The summed E-state index contributed by atoms with van der Waals surface area (Å²) in [5.41, 5.74) is 2.61. The van der Waals surface area contributed by atoms with E-state index in [9.17, 15) is 4.79 Å². The van der Waals surface area contributed by atoms with E-state index >= 15 is 0 Å². The first kappa shape index (κ1) is 11.8. The van der Waals surface area contributed by atoms with Crippen LogP contribution >= 0.6 is 0 Å². The number of Topliss-reactive ketones (excluding diaryl/α,β-unsaturated/α-hetero) is 1. The van der Waals surface area contributed by atoms with Gasteiger partial charge in [0.25, 0.3) is 0 Å². The lowest BCUT2D eigenvalue weighted by molar-refractivity contribution is 0.0971. The summed E-state index contributed by atoms with van der Waals surface area (Å²) in [6.45, 7) is 0.626. The molecule has 0 saturated heterocycles. The van der Waals surface area contributed by atoms with Gasteiger partial charge in [-0.25, -0.2) is 9.97 Å². The van der Waals surface area contributed by atoms with Crippen molar-refractivity contribution in [3.8, 4) is 0 Å². The van der Waals surface area contributed by atoms with Crippen LogP contribution in [0.2, 0.25) is 0 Å². The summed E-state index contributed by atoms with van der Waals surface area (Å²) in [4.78, 5) is 24.3. The van der Waals surface area contributed by atoms with Gasteiger partial charge in [-0.2, -0.15) is 0 Å². The topological polar surface area (TPSA) is 67.8 Å². The second kappa shape index (κ2) is 5.14. The van der Waals surface area contributed by atoms with Gasteiger partial charge in [0.1, 0.15) is 0 Å². The van der Waals surface area contributed by atoms with Crippen molar-refractivity contribution in [1.29, 1.82) is 0 Å². The van der Waals surface area contributed by atoms with Gasteiger partial charge in [-0.1, -0.05) is 6.07 Å². The van der Waals surface area contributed by atoms with E-state index in [1.807, 2.05) is 12.1 Å². The highest BCUT2D eigenvalue weighted by Gasteiger charge is 2.19. The Morgan fingerprint density at radius 3 is 3.05 bits per heavy atom. The molecular formula is C14H14N4O. The third-order valence-electron chi connectivity index (χ3n) is 3.16. The molecule has 0 radical (unpaired) electrons. The molecule has 5 nitrogen and oxygen atoms in total. The van der Waals surface area contributed by atoms with Crippen LogP contribution in [0, 0.1) is 0 Å². The summed E-state index contributed by atoms with van der Waals surface area (Å²) in [5, 5.41) is 3.15. The molecule has 0 aromatic carbocycles. The van der Waals surface area contributed by atoms with E-state index in [-0.39, 0.29) is 5.78 Å². The average molecular weight is 254 g/mol. The molecule has 0 amide bonds. The number of nitrogens with zero attached hydrogens (tertiary/aromatic N) is 3. The van der Waals surface area contributed by atoms with Crippen molar-refractivity contribution < 1.29 is 4.79 Å². The zero-order chi connectivity index (χ0) is 13.1. The number of rotatable bonds is 3. The molecule has 0 unspecified atom stereocenters. The SMILES string of the molecule is O=C1CCCc2nc(NCc3cccnc3)ncc21. The number of pyridine rings is 1. The molecule has 3 rings (SSSR count). The third kappa shape index (κ3) is 2.59. The number of nitrogens with one attached hydrogen (secondary N) is 1. The lowest BCUT2D eigenvalue weighted by Crippen LogP contribution is -2.15. The van der Waals surface area contributed by atoms with Crippen molar-refractivity contribution >= 4 is 11.7 Å². The van der Waals surface area contributed by atoms with Crippen LogP contribution in [0.3, 0.4) is 0 Å². The van der Waals surface area contributed by atoms with Crippen LogP contribution in [-0.2, 0) is 13.0 Å². The fraction of sp³-hybridized carbons (Fsp3) is 0.286. The predicted molar refractivity (Wildman–Crippen MR) is 70.9 cm³/mol. The van der Waals surface area contributed by atoms with Crippen molar-refractivity contribution in [2.45, 2.75) is 25.8 Å². The second-order valence-corrected chi connectivity index (χ2v) is 4.55. The van der Waals surface area contributed by atoms with Gasteiger partial charge in [-0.15, -0.1) is 0 Å². The van der Waals surface area contributed by atoms with Crippen LogP contribution in [0.1, 0.15) is 34.5 Å². The van der Waals surface area contributed by atoms with Gasteiger partial charge in [0.05, 0.1) is 11.3 Å². The molecule has 2 heterocycles. The summed E-state index contributed by atoms with van der Waals surface area (Å²) in [6, 6.07) is 3.88. The maximum Gasteiger partial charge on any atom is 0.223 e. The number of aryl methyl sites for hydroxylation is 1. The van der Waals surface area contributed by atoms with E-state index < -0.39 is 0 Å². The third-order valence-corrected chi connectivity index (χ3v) is 3.16. The first-order chi connectivity index (χ1) is 9.33. The van der Waals surface area contributed by atoms with Gasteiger partial charge in [0.15, 0.2) is 5.78 Å². The molecule has 96 valence electrons. The van der Waals surface area contributed by atoms with Crippen molar-refractivity contribution in [3.63, 3.8) is 0 Å². The Labute approximate surface area is 111 Å². The normalized spacial score (nSPS) is 14.0. The highest BCUT2D eigenvalue weighted by Crippen LogP contribution is 2.19. The van der Waals surface area contributed by atoms with Crippen LogP contribution in [0.4, 0.5) is 5.95 Å². The quantitative estimate of drug-likeness (QED) is 0.907. The van der Waals surface area contributed by atoms with Gasteiger partial charge >= 0.3 is 0 Å². The number of anilines is 1. The van der Waals surface area contributed by atoms with Crippen molar-refractivity contribution in [3.05, 3.63) is 47.5 Å². The molecule has 0 saturated carbocycles. The highest BCUT2D eigenvalue weighted by molar-refractivity contribution is 5.97. The molecule has 2 aromatic heterocycles. The number of carbonyl (C=O) groups excluding carboxylic acids is 1. The first-order valence-electron chi connectivity index (χ1n) is 6.35. The van der Waals surface area contributed by atoms with Gasteiger partial charge in [-0.3, -0.25) is 9.78 Å². The summed E-state index contributed by atoms with van der Waals surface area (Å²) in [6.07, 6.45) is 7.52. The number of fused-ring (bicyclic) bond motifs is 1. The van der Waals surface area contributed by atoms with E-state index in [4.69, 9.17) is 0 Å². The molecule has 5 heteroatoms.